The molecule has 2 aromatic carbocycles. The van der Waals surface area contributed by atoms with E-state index in [0.29, 0.717) is 28.6 Å². The molecule has 0 spiro atoms. The maximum atomic E-state index is 11.9. The lowest BCUT2D eigenvalue weighted by molar-refractivity contribution is -0.384. The van der Waals surface area contributed by atoms with Gasteiger partial charge in [-0.25, -0.2) is 5.43 Å². The summed E-state index contributed by atoms with van der Waals surface area (Å²) in [6.45, 7) is -0.258. The lowest BCUT2D eigenvalue weighted by atomic mass is 10.1. The summed E-state index contributed by atoms with van der Waals surface area (Å²) < 4.78 is 17.0. The van der Waals surface area contributed by atoms with Gasteiger partial charge >= 0.3 is 0 Å². The fraction of sp³-hybridized carbons (Fsp3) is 0.100. The van der Waals surface area contributed by atoms with Crippen LogP contribution in [-0.2, 0) is 4.79 Å². The van der Waals surface area contributed by atoms with Gasteiger partial charge in [-0.1, -0.05) is 28.1 Å². The normalized spacial score (nSPS) is 10.7. The molecule has 1 N–H and O–H groups in total. The minimum atomic E-state index is -0.476. The first-order chi connectivity index (χ1) is 14.5. The van der Waals surface area contributed by atoms with Crippen LogP contribution < -0.4 is 14.9 Å². The summed E-state index contributed by atoms with van der Waals surface area (Å²) >= 11 is 3.33. The van der Waals surface area contributed by atoms with E-state index in [1.807, 2.05) is 0 Å². The number of hydrazone groups is 1. The number of nitro benzene ring substituents is 1. The second kappa shape index (κ2) is 9.70. The number of carbonyl (C=O) groups is 1. The third-order valence-corrected chi connectivity index (χ3v) is 4.33. The van der Waals surface area contributed by atoms with E-state index in [0.717, 1.165) is 4.47 Å². The number of benzene rings is 2. The number of nitro groups is 1. The number of halogens is 1. The van der Waals surface area contributed by atoms with E-state index in [1.165, 1.54) is 25.5 Å². The molecule has 0 radical (unpaired) electrons. The Labute approximate surface area is 179 Å². The molecule has 3 rings (SSSR count). The van der Waals surface area contributed by atoms with Crippen LogP contribution >= 0.6 is 15.9 Å². The molecule has 10 heteroatoms. The largest absolute Gasteiger partial charge is 0.493 e. The zero-order valence-electron chi connectivity index (χ0n) is 15.7. The average molecular weight is 474 g/mol. The molecular formula is C20H16BrN3O6. The molecular weight excluding hydrogens is 458 g/mol. The highest BCUT2D eigenvalue weighted by Crippen LogP contribution is 2.30. The lowest BCUT2D eigenvalue weighted by Gasteiger charge is -2.09. The molecule has 154 valence electrons. The van der Waals surface area contributed by atoms with Gasteiger partial charge < -0.3 is 13.9 Å². The minimum absolute atomic E-state index is 0.0335. The first-order valence-corrected chi connectivity index (χ1v) is 9.38. The van der Waals surface area contributed by atoms with E-state index in [4.69, 9.17) is 13.9 Å². The minimum Gasteiger partial charge on any atom is -0.493 e. The number of ether oxygens (including phenoxy) is 2. The predicted octanol–water partition coefficient (Wildman–Crippen LogP) is 4.16. The lowest BCUT2D eigenvalue weighted by Crippen LogP contribution is -2.24. The summed E-state index contributed by atoms with van der Waals surface area (Å²) in [5.41, 5.74) is 2.86. The predicted molar refractivity (Wildman–Crippen MR) is 113 cm³/mol. The second-order valence-corrected chi connectivity index (χ2v) is 6.80. The number of amides is 1. The first-order valence-electron chi connectivity index (χ1n) is 8.59. The van der Waals surface area contributed by atoms with Crippen molar-refractivity contribution >= 4 is 33.7 Å². The van der Waals surface area contributed by atoms with Gasteiger partial charge in [-0.2, -0.15) is 5.10 Å². The van der Waals surface area contributed by atoms with Crippen LogP contribution in [0, 0.1) is 10.1 Å². The van der Waals surface area contributed by atoms with Gasteiger partial charge in [-0.15, -0.1) is 0 Å². The number of methoxy groups -OCH3 is 1. The molecule has 0 atom stereocenters. The Morgan fingerprint density at radius 2 is 2.07 bits per heavy atom. The zero-order valence-corrected chi connectivity index (χ0v) is 17.3. The number of furan rings is 1. The Hall–Kier alpha value is -3.66. The van der Waals surface area contributed by atoms with Gasteiger partial charge in [0.05, 0.1) is 18.2 Å². The molecule has 0 aliphatic heterocycles. The monoisotopic (exact) mass is 473 g/mol. The highest BCUT2D eigenvalue weighted by Gasteiger charge is 2.10. The number of nitrogens with one attached hydrogen (secondary N) is 1. The maximum Gasteiger partial charge on any atom is 0.277 e. The van der Waals surface area contributed by atoms with Gasteiger partial charge in [0, 0.05) is 22.2 Å². The molecule has 0 bridgehead atoms. The van der Waals surface area contributed by atoms with E-state index in [9.17, 15) is 14.9 Å². The summed E-state index contributed by atoms with van der Waals surface area (Å²) in [5.74, 6) is 1.25. The van der Waals surface area contributed by atoms with Gasteiger partial charge in [0.25, 0.3) is 11.6 Å². The fourth-order valence-electron chi connectivity index (χ4n) is 2.45. The number of hydrogen-bond acceptors (Lipinski definition) is 7. The van der Waals surface area contributed by atoms with E-state index < -0.39 is 10.8 Å². The van der Waals surface area contributed by atoms with Crippen molar-refractivity contribution in [2.75, 3.05) is 13.7 Å². The molecule has 0 aliphatic rings. The van der Waals surface area contributed by atoms with Crippen molar-refractivity contribution in [2.24, 2.45) is 5.10 Å². The second-order valence-electron chi connectivity index (χ2n) is 5.89. The summed E-state index contributed by atoms with van der Waals surface area (Å²) in [5, 5.41) is 14.7. The van der Waals surface area contributed by atoms with Gasteiger partial charge in [0.1, 0.15) is 11.5 Å². The van der Waals surface area contributed by atoms with Crippen molar-refractivity contribution in [3.8, 4) is 22.8 Å². The standard InChI is InChI=1S/C20H16BrN3O6/c1-28-19-10-14(21)5-7-18(19)29-12-20(25)23-22-11-16-6-8-17(30-16)13-3-2-4-15(9-13)24(26)27/h2-11H,12H2,1H3,(H,23,25). The van der Waals surface area contributed by atoms with E-state index >= 15 is 0 Å². The van der Waals surface area contributed by atoms with Crippen LogP contribution in [0.2, 0.25) is 0 Å². The van der Waals surface area contributed by atoms with Gasteiger partial charge in [0.15, 0.2) is 18.1 Å². The van der Waals surface area contributed by atoms with Gasteiger partial charge in [0.2, 0.25) is 0 Å². The quantitative estimate of drug-likeness (QED) is 0.298. The van der Waals surface area contributed by atoms with Crippen LogP contribution in [-0.4, -0.2) is 30.8 Å². The molecule has 0 unspecified atom stereocenters. The summed E-state index contributed by atoms with van der Waals surface area (Å²) in [6.07, 6.45) is 1.32. The number of nitrogens with zero attached hydrogens (tertiary/aromatic N) is 2. The fourth-order valence-corrected chi connectivity index (χ4v) is 2.79. The van der Waals surface area contributed by atoms with Crippen molar-refractivity contribution < 1.29 is 23.6 Å². The Morgan fingerprint density at radius 3 is 2.83 bits per heavy atom. The van der Waals surface area contributed by atoms with Crippen LogP contribution in [0.1, 0.15) is 5.76 Å². The van der Waals surface area contributed by atoms with E-state index in [1.54, 1.807) is 42.5 Å². The molecule has 0 saturated carbocycles. The van der Waals surface area contributed by atoms with E-state index in [2.05, 4.69) is 26.5 Å². The molecule has 1 amide bonds. The number of non-ortho nitro benzene ring substituents is 1. The molecule has 0 fully saturated rings. The van der Waals surface area contributed by atoms with Crippen molar-refractivity contribution in [2.45, 2.75) is 0 Å². The van der Waals surface area contributed by atoms with Crippen LogP contribution in [0.3, 0.4) is 0 Å². The van der Waals surface area contributed by atoms with Crippen molar-refractivity contribution in [1.82, 2.24) is 5.43 Å². The Bertz CT molecular complexity index is 1100. The summed E-state index contributed by atoms with van der Waals surface area (Å²) in [4.78, 5) is 22.3. The summed E-state index contributed by atoms with van der Waals surface area (Å²) in [7, 11) is 1.50. The van der Waals surface area contributed by atoms with Crippen molar-refractivity contribution in [1.29, 1.82) is 0 Å². The SMILES string of the molecule is COc1cc(Br)ccc1OCC(=O)NN=Cc1ccc(-c2cccc([N+](=O)[O-])c2)o1. The van der Waals surface area contributed by atoms with Crippen LogP contribution in [0.4, 0.5) is 5.69 Å². The zero-order chi connectivity index (χ0) is 21.5. The Kier molecular flexibility index (Phi) is 6.81. The van der Waals surface area contributed by atoms with Crippen molar-refractivity contribution in [3.63, 3.8) is 0 Å². The number of hydrogen-bond donors (Lipinski definition) is 1. The molecule has 1 heterocycles. The third-order valence-electron chi connectivity index (χ3n) is 3.83. The van der Waals surface area contributed by atoms with E-state index in [-0.39, 0.29) is 12.3 Å². The smallest absolute Gasteiger partial charge is 0.277 e. The van der Waals surface area contributed by atoms with Crippen molar-refractivity contribution in [3.05, 3.63) is 74.9 Å². The highest BCUT2D eigenvalue weighted by molar-refractivity contribution is 9.10. The van der Waals surface area contributed by atoms with Crippen LogP contribution in [0.5, 0.6) is 11.5 Å². The molecule has 0 aliphatic carbocycles. The first kappa shape index (κ1) is 21.1. The number of rotatable bonds is 8. The average Bonchev–Trinajstić information content (AvgIpc) is 3.21. The molecule has 9 nitrogen and oxygen atoms in total. The van der Waals surface area contributed by atoms with Crippen LogP contribution in [0.25, 0.3) is 11.3 Å². The Morgan fingerprint density at radius 1 is 1.23 bits per heavy atom. The molecule has 30 heavy (non-hydrogen) atoms. The topological polar surface area (TPSA) is 116 Å². The Balaban J connectivity index is 1.55. The highest BCUT2D eigenvalue weighted by atomic mass is 79.9. The third kappa shape index (κ3) is 5.45. The van der Waals surface area contributed by atoms with Gasteiger partial charge in [-0.3, -0.25) is 14.9 Å². The maximum absolute atomic E-state index is 11.9. The van der Waals surface area contributed by atoms with Crippen LogP contribution in [0.15, 0.2) is 68.6 Å². The molecule has 1 aromatic heterocycles. The molecule has 3 aromatic rings. The molecule has 0 saturated heterocycles. The summed E-state index contributed by atoms with van der Waals surface area (Å²) in [6, 6.07) is 14.5. The van der Waals surface area contributed by atoms with Gasteiger partial charge in [-0.05, 0) is 30.3 Å². The number of carbonyl (C=O) groups excluding carboxylic acids is 1.